The Balaban J connectivity index is 2.07. The van der Waals surface area contributed by atoms with E-state index in [9.17, 15) is 9.59 Å². The molecule has 1 aliphatic rings. The molecule has 11 heteroatoms. The molecule has 1 fully saturated rings. The number of anilines is 1. The van der Waals surface area contributed by atoms with Crippen molar-refractivity contribution < 1.29 is 33.4 Å². The Morgan fingerprint density at radius 1 is 1.25 bits per heavy atom. The van der Waals surface area contributed by atoms with Crippen molar-refractivity contribution in [2.24, 2.45) is 5.16 Å². The molecule has 0 bridgehead atoms. The molecule has 2 heterocycles. The summed E-state index contributed by atoms with van der Waals surface area (Å²) in [4.78, 5) is 35.0. The molecule has 0 aliphatic carbocycles. The third-order valence-electron chi connectivity index (χ3n) is 4.09. The Kier molecular flexibility index (Phi) is 10.3. The summed E-state index contributed by atoms with van der Waals surface area (Å²) in [6, 6.07) is 0. The fourth-order valence-electron chi connectivity index (χ4n) is 2.77. The van der Waals surface area contributed by atoms with E-state index in [4.69, 9.17) is 23.8 Å². The van der Waals surface area contributed by atoms with E-state index in [1.807, 2.05) is 6.92 Å². The maximum atomic E-state index is 12.5. The first-order valence-electron chi connectivity index (χ1n) is 10.8. The van der Waals surface area contributed by atoms with Gasteiger partial charge in [-0.3, -0.25) is 5.32 Å². The molecule has 180 valence electrons. The van der Waals surface area contributed by atoms with Gasteiger partial charge in [-0.05, 0) is 53.4 Å². The van der Waals surface area contributed by atoms with Gasteiger partial charge in [0.05, 0.1) is 13.2 Å². The molecule has 0 saturated carbocycles. The minimum absolute atomic E-state index is 0.0638. The van der Waals surface area contributed by atoms with Gasteiger partial charge in [0.1, 0.15) is 17.9 Å². The first kappa shape index (κ1) is 26.0. The van der Waals surface area contributed by atoms with Crippen molar-refractivity contribution >= 4 is 34.2 Å². The van der Waals surface area contributed by atoms with E-state index in [0.717, 1.165) is 24.1 Å². The Bertz CT molecular complexity index is 783. The molecule has 0 aromatic carbocycles. The Labute approximate surface area is 192 Å². The number of thiazole rings is 1. The largest absolute Gasteiger partial charge is 0.461 e. The summed E-state index contributed by atoms with van der Waals surface area (Å²) in [7, 11) is 0. The molecule has 10 nitrogen and oxygen atoms in total. The number of aryl methyl sites for hydroxylation is 1. The SMILES string of the molecule is CCOC(=O)C(=NOCCOC1CCCCO1)c1nc(NC(=O)OC(C)(C)C)sc1CC. The minimum atomic E-state index is -0.659. The van der Waals surface area contributed by atoms with Gasteiger partial charge in [0.25, 0.3) is 0 Å². The van der Waals surface area contributed by atoms with Gasteiger partial charge in [-0.1, -0.05) is 12.1 Å². The molecule has 1 aliphatic heterocycles. The average molecular weight is 472 g/mol. The minimum Gasteiger partial charge on any atom is -0.461 e. The van der Waals surface area contributed by atoms with Crippen molar-refractivity contribution in [3.05, 3.63) is 10.6 Å². The van der Waals surface area contributed by atoms with Crippen LogP contribution in [0.2, 0.25) is 0 Å². The van der Waals surface area contributed by atoms with Gasteiger partial charge in [-0.25, -0.2) is 14.6 Å². The van der Waals surface area contributed by atoms with E-state index in [-0.39, 0.29) is 31.8 Å². The lowest BCUT2D eigenvalue weighted by Gasteiger charge is -2.22. The highest BCUT2D eigenvalue weighted by Crippen LogP contribution is 2.25. The zero-order valence-corrected chi connectivity index (χ0v) is 20.2. The first-order chi connectivity index (χ1) is 15.2. The standard InChI is InChI=1S/C21H33N3O7S/c1-6-14-16(22-19(32-14)23-20(26)31-21(3,4)5)17(18(25)27-7-2)24-30-13-12-29-15-10-8-9-11-28-15/h15H,6-13H2,1-5H3,(H,22,23,26). The van der Waals surface area contributed by atoms with E-state index in [1.165, 1.54) is 11.3 Å². The van der Waals surface area contributed by atoms with Gasteiger partial charge < -0.3 is 23.8 Å². The topological polar surface area (TPSA) is 118 Å². The molecule has 0 spiro atoms. The molecule has 2 rings (SSSR count). The Morgan fingerprint density at radius 2 is 2.03 bits per heavy atom. The number of carbonyl (C=O) groups excluding carboxylic acids is 2. The number of hydrogen-bond acceptors (Lipinski definition) is 10. The van der Waals surface area contributed by atoms with Crippen LogP contribution in [0, 0.1) is 0 Å². The van der Waals surface area contributed by atoms with Gasteiger partial charge in [0, 0.05) is 11.5 Å². The van der Waals surface area contributed by atoms with Crippen LogP contribution in [-0.4, -0.2) is 61.1 Å². The van der Waals surface area contributed by atoms with Crippen molar-refractivity contribution in [1.82, 2.24) is 4.98 Å². The van der Waals surface area contributed by atoms with E-state index in [1.54, 1.807) is 27.7 Å². The number of nitrogens with one attached hydrogen (secondary N) is 1. The zero-order chi connectivity index (χ0) is 23.6. The summed E-state index contributed by atoms with van der Waals surface area (Å²) >= 11 is 1.23. The van der Waals surface area contributed by atoms with Crippen molar-refractivity contribution in [3.63, 3.8) is 0 Å². The first-order valence-corrected chi connectivity index (χ1v) is 11.7. The fourth-order valence-corrected chi connectivity index (χ4v) is 3.66. The van der Waals surface area contributed by atoms with Gasteiger partial charge in [0.2, 0.25) is 5.71 Å². The number of rotatable bonds is 10. The number of ether oxygens (including phenoxy) is 4. The molecule has 1 aromatic rings. The third-order valence-corrected chi connectivity index (χ3v) is 5.21. The van der Waals surface area contributed by atoms with E-state index in [2.05, 4.69) is 15.5 Å². The van der Waals surface area contributed by atoms with Crippen molar-refractivity contribution in [3.8, 4) is 0 Å². The number of aromatic nitrogens is 1. The zero-order valence-electron chi connectivity index (χ0n) is 19.4. The smallest absolute Gasteiger partial charge is 0.413 e. The lowest BCUT2D eigenvalue weighted by atomic mass is 10.2. The maximum Gasteiger partial charge on any atom is 0.413 e. The van der Waals surface area contributed by atoms with Crippen LogP contribution in [0.1, 0.15) is 64.5 Å². The summed E-state index contributed by atoms with van der Waals surface area (Å²) in [6.45, 7) is 10.2. The number of amides is 1. The summed E-state index contributed by atoms with van der Waals surface area (Å²) in [6.07, 6.45) is 2.68. The predicted molar refractivity (Wildman–Crippen MR) is 120 cm³/mol. The molecule has 1 unspecified atom stereocenters. The number of carbonyl (C=O) groups is 2. The van der Waals surface area contributed by atoms with Crippen LogP contribution in [0.25, 0.3) is 0 Å². The highest BCUT2D eigenvalue weighted by molar-refractivity contribution is 7.16. The highest BCUT2D eigenvalue weighted by Gasteiger charge is 2.25. The molecule has 1 amide bonds. The summed E-state index contributed by atoms with van der Waals surface area (Å²) in [5.41, 5.74) is -0.405. The number of nitrogens with zero attached hydrogens (tertiary/aromatic N) is 2. The summed E-state index contributed by atoms with van der Waals surface area (Å²) < 4.78 is 21.5. The molecule has 1 N–H and O–H groups in total. The lowest BCUT2D eigenvalue weighted by Crippen LogP contribution is -2.27. The third kappa shape index (κ3) is 8.71. The van der Waals surface area contributed by atoms with E-state index in [0.29, 0.717) is 23.9 Å². The highest BCUT2D eigenvalue weighted by atomic mass is 32.1. The molecule has 1 saturated heterocycles. The lowest BCUT2D eigenvalue weighted by molar-refractivity contribution is -0.169. The normalized spacial score (nSPS) is 17.0. The summed E-state index contributed by atoms with van der Waals surface area (Å²) in [5, 5.41) is 6.87. The van der Waals surface area contributed by atoms with Crippen LogP contribution < -0.4 is 5.32 Å². The van der Waals surface area contributed by atoms with Crippen LogP contribution in [0.4, 0.5) is 9.93 Å². The van der Waals surface area contributed by atoms with E-state index >= 15 is 0 Å². The molecule has 1 atom stereocenters. The molecule has 0 radical (unpaired) electrons. The fraction of sp³-hybridized carbons (Fsp3) is 0.714. The molecular formula is C21H33N3O7S. The quantitative estimate of drug-likeness (QED) is 0.236. The van der Waals surface area contributed by atoms with Crippen molar-refractivity contribution in [2.75, 3.05) is 31.7 Å². The number of hydrogen-bond donors (Lipinski definition) is 1. The maximum absolute atomic E-state index is 12.5. The van der Waals surface area contributed by atoms with Gasteiger partial charge in [-0.15, -0.1) is 11.3 Å². The van der Waals surface area contributed by atoms with Gasteiger partial charge in [0.15, 0.2) is 11.4 Å². The second kappa shape index (κ2) is 12.7. The average Bonchev–Trinajstić information content (AvgIpc) is 3.12. The number of esters is 1. The Hall–Kier alpha value is -2.24. The second-order valence-corrected chi connectivity index (χ2v) is 9.02. The van der Waals surface area contributed by atoms with Crippen molar-refractivity contribution in [1.29, 1.82) is 0 Å². The molecular weight excluding hydrogens is 438 g/mol. The Morgan fingerprint density at radius 3 is 2.66 bits per heavy atom. The van der Waals surface area contributed by atoms with Crippen LogP contribution in [-0.2, 0) is 35.0 Å². The van der Waals surface area contributed by atoms with Crippen LogP contribution >= 0.6 is 11.3 Å². The second-order valence-electron chi connectivity index (χ2n) is 7.93. The summed E-state index contributed by atoms with van der Waals surface area (Å²) in [5.74, 6) is -0.659. The van der Waals surface area contributed by atoms with Crippen LogP contribution in [0.15, 0.2) is 5.16 Å². The van der Waals surface area contributed by atoms with Crippen LogP contribution in [0.5, 0.6) is 0 Å². The number of oxime groups is 1. The van der Waals surface area contributed by atoms with Gasteiger partial charge in [-0.2, -0.15) is 0 Å². The van der Waals surface area contributed by atoms with Crippen LogP contribution in [0.3, 0.4) is 0 Å². The predicted octanol–water partition coefficient (Wildman–Crippen LogP) is 3.88. The van der Waals surface area contributed by atoms with Gasteiger partial charge >= 0.3 is 12.1 Å². The molecule has 32 heavy (non-hydrogen) atoms. The monoisotopic (exact) mass is 471 g/mol. The van der Waals surface area contributed by atoms with Crippen molar-refractivity contribution in [2.45, 2.75) is 72.2 Å². The van der Waals surface area contributed by atoms with E-state index < -0.39 is 17.7 Å². The molecule has 1 aromatic heterocycles.